The minimum Gasteiger partial charge on any atom is -0.378 e. The summed E-state index contributed by atoms with van der Waals surface area (Å²) in [5.74, 6) is 0.476. The van der Waals surface area contributed by atoms with Gasteiger partial charge in [0, 0.05) is 25.0 Å². The summed E-state index contributed by atoms with van der Waals surface area (Å²) in [6.45, 7) is 2.88. The van der Waals surface area contributed by atoms with Crippen molar-refractivity contribution < 1.29 is 9.53 Å². The van der Waals surface area contributed by atoms with Gasteiger partial charge in [-0.25, -0.2) is 0 Å². The molecule has 0 radical (unpaired) electrons. The third-order valence-corrected chi connectivity index (χ3v) is 3.15. The molecule has 2 fully saturated rings. The lowest BCUT2D eigenvalue weighted by Crippen LogP contribution is -2.43. The summed E-state index contributed by atoms with van der Waals surface area (Å²) in [6.07, 6.45) is 2.84. The van der Waals surface area contributed by atoms with Crippen LogP contribution in [0.15, 0.2) is 0 Å². The lowest BCUT2D eigenvalue weighted by Gasteiger charge is -2.29. The number of rotatable bonds is 1. The van der Waals surface area contributed by atoms with Crippen molar-refractivity contribution in [3.63, 3.8) is 0 Å². The van der Waals surface area contributed by atoms with E-state index < -0.39 is 0 Å². The zero-order chi connectivity index (χ0) is 9.97. The quantitative estimate of drug-likeness (QED) is 0.644. The average Bonchev–Trinajstić information content (AvgIpc) is 2.65. The van der Waals surface area contributed by atoms with Crippen LogP contribution in [0.5, 0.6) is 0 Å². The van der Waals surface area contributed by atoms with Crippen molar-refractivity contribution in [2.75, 3.05) is 26.3 Å². The Labute approximate surface area is 84.4 Å². The Morgan fingerprint density at radius 2 is 2.00 bits per heavy atom. The Hall–Kier alpha value is -0.610. The minimum absolute atomic E-state index is 0.183. The molecule has 1 saturated heterocycles. The van der Waals surface area contributed by atoms with Crippen LogP contribution in [0, 0.1) is 5.92 Å². The van der Waals surface area contributed by atoms with E-state index in [-0.39, 0.29) is 12.0 Å². The molecule has 1 amide bonds. The minimum atomic E-state index is 0.183. The maximum atomic E-state index is 12.0. The van der Waals surface area contributed by atoms with Gasteiger partial charge in [0.05, 0.1) is 13.2 Å². The van der Waals surface area contributed by atoms with Crippen molar-refractivity contribution in [2.24, 2.45) is 11.7 Å². The third kappa shape index (κ3) is 2.07. The van der Waals surface area contributed by atoms with Gasteiger partial charge in [-0.05, 0) is 19.3 Å². The first kappa shape index (κ1) is 9.93. The van der Waals surface area contributed by atoms with Gasteiger partial charge in [0.2, 0.25) is 5.91 Å². The Kier molecular flexibility index (Phi) is 3.03. The second-order valence-electron chi connectivity index (χ2n) is 4.21. The van der Waals surface area contributed by atoms with Gasteiger partial charge in [-0.1, -0.05) is 0 Å². The van der Waals surface area contributed by atoms with Crippen molar-refractivity contribution in [2.45, 2.75) is 25.3 Å². The maximum Gasteiger partial charge on any atom is 0.225 e. The molecule has 2 aliphatic rings. The maximum absolute atomic E-state index is 12.0. The van der Waals surface area contributed by atoms with Crippen molar-refractivity contribution in [1.29, 1.82) is 0 Å². The van der Waals surface area contributed by atoms with Crippen molar-refractivity contribution in [3.05, 3.63) is 0 Å². The van der Waals surface area contributed by atoms with E-state index in [2.05, 4.69) is 0 Å². The molecule has 80 valence electrons. The molecule has 0 aromatic heterocycles. The molecule has 0 unspecified atom stereocenters. The number of ether oxygens (including phenoxy) is 1. The van der Waals surface area contributed by atoms with Crippen LogP contribution in [0.25, 0.3) is 0 Å². The van der Waals surface area contributed by atoms with E-state index in [9.17, 15) is 4.79 Å². The van der Waals surface area contributed by atoms with Gasteiger partial charge in [0.15, 0.2) is 0 Å². The van der Waals surface area contributed by atoms with Gasteiger partial charge in [0.25, 0.3) is 0 Å². The van der Waals surface area contributed by atoms with Gasteiger partial charge in [-0.2, -0.15) is 0 Å². The molecule has 1 aliphatic heterocycles. The molecule has 14 heavy (non-hydrogen) atoms. The topological polar surface area (TPSA) is 55.6 Å². The van der Waals surface area contributed by atoms with E-state index in [1.54, 1.807) is 0 Å². The fraction of sp³-hybridized carbons (Fsp3) is 0.900. The van der Waals surface area contributed by atoms with E-state index in [1.807, 2.05) is 4.90 Å². The number of hydrogen-bond acceptors (Lipinski definition) is 3. The van der Waals surface area contributed by atoms with Gasteiger partial charge in [0.1, 0.15) is 0 Å². The fourth-order valence-electron chi connectivity index (χ4n) is 2.28. The van der Waals surface area contributed by atoms with E-state index in [1.165, 1.54) is 0 Å². The smallest absolute Gasteiger partial charge is 0.225 e. The number of nitrogens with zero attached hydrogens (tertiary/aromatic N) is 1. The Balaban J connectivity index is 1.87. The zero-order valence-corrected chi connectivity index (χ0v) is 8.45. The molecule has 4 nitrogen and oxygen atoms in total. The Morgan fingerprint density at radius 1 is 1.29 bits per heavy atom. The van der Waals surface area contributed by atoms with Crippen LogP contribution in [-0.4, -0.2) is 43.2 Å². The molecule has 1 heterocycles. The van der Waals surface area contributed by atoms with Gasteiger partial charge < -0.3 is 15.4 Å². The van der Waals surface area contributed by atoms with Gasteiger partial charge >= 0.3 is 0 Å². The first-order chi connectivity index (χ1) is 6.77. The molecule has 0 aromatic rings. The van der Waals surface area contributed by atoms with E-state index in [4.69, 9.17) is 10.5 Å². The molecule has 0 aromatic carbocycles. The highest BCUT2D eigenvalue weighted by Gasteiger charge is 2.31. The van der Waals surface area contributed by atoms with Crippen LogP contribution >= 0.6 is 0 Å². The number of morpholine rings is 1. The molecule has 2 atom stereocenters. The van der Waals surface area contributed by atoms with Crippen molar-refractivity contribution >= 4 is 5.91 Å². The Morgan fingerprint density at radius 3 is 2.57 bits per heavy atom. The van der Waals surface area contributed by atoms with Crippen LogP contribution < -0.4 is 5.73 Å². The first-order valence-electron chi connectivity index (χ1n) is 5.39. The lowest BCUT2D eigenvalue weighted by atomic mass is 10.1. The summed E-state index contributed by atoms with van der Waals surface area (Å²) in [5, 5.41) is 0. The SMILES string of the molecule is N[C@@H]1CC[C@H](C(=O)N2CCOCC2)C1. The molecule has 0 bridgehead atoms. The first-order valence-corrected chi connectivity index (χ1v) is 5.39. The second kappa shape index (κ2) is 4.28. The molecular formula is C10H18N2O2. The monoisotopic (exact) mass is 198 g/mol. The highest BCUT2D eigenvalue weighted by Crippen LogP contribution is 2.26. The lowest BCUT2D eigenvalue weighted by molar-refractivity contribution is -0.139. The second-order valence-corrected chi connectivity index (χ2v) is 4.21. The molecule has 1 saturated carbocycles. The molecular weight excluding hydrogens is 180 g/mol. The summed E-state index contributed by atoms with van der Waals surface area (Å²) in [4.78, 5) is 13.9. The number of nitrogens with two attached hydrogens (primary N) is 1. The average molecular weight is 198 g/mol. The molecule has 2 rings (SSSR count). The normalized spacial score (nSPS) is 33.4. The third-order valence-electron chi connectivity index (χ3n) is 3.15. The summed E-state index contributed by atoms with van der Waals surface area (Å²) in [7, 11) is 0. The number of carbonyl (C=O) groups excluding carboxylic acids is 1. The number of amides is 1. The summed E-state index contributed by atoms with van der Waals surface area (Å²) in [5.41, 5.74) is 5.80. The van der Waals surface area contributed by atoms with Crippen LogP contribution in [0.2, 0.25) is 0 Å². The predicted molar refractivity (Wildman–Crippen MR) is 52.7 cm³/mol. The highest BCUT2D eigenvalue weighted by atomic mass is 16.5. The summed E-state index contributed by atoms with van der Waals surface area (Å²) in [6, 6.07) is 0.241. The Bertz CT molecular complexity index is 207. The van der Waals surface area contributed by atoms with E-state index in [0.717, 1.165) is 32.4 Å². The fourth-order valence-corrected chi connectivity index (χ4v) is 2.28. The number of carbonyl (C=O) groups is 1. The molecule has 1 aliphatic carbocycles. The van der Waals surface area contributed by atoms with Crippen molar-refractivity contribution in [1.82, 2.24) is 4.90 Å². The van der Waals surface area contributed by atoms with Gasteiger partial charge in [-0.3, -0.25) is 4.79 Å². The van der Waals surface area contributed by atoms with Crippen molar-refractivity contribution in [3.8, 4) is 0 Å². The van der Waals surface area contributed by atoms with Crippen LogP contribution in [0.4, 0.5) is 0 Å². The standard InChI is InChI=1S/C10H18N2O2/c11-9-2-1-8(7-9)10(13)12-3-5-14-6-4-12/h8-9H,1-7,11H2/t8-,9+/m0/s1. The zero-order valence-electron chi connectivity index (χ0n) is 8.45. The van der Waals surface area contributed by atoms with Crippen LogP contribution in [0.1, 0.15) is 19.3 Å². The molecule has 0 spiro atoms. The van der Waals surface area contributed by atoms with Crippen LogP contribution in [-0.2, 0) is 9.53 Å². The van der Waals surface area contributed by atoms with Gasteiger partial charge in [-0.15, -0.1) is 0 Å². The molecule has 4 heteroatoms. The summed E-state index contributed by atoms with van der Waals surface area (Å²) < 4.78 is 5.22. The largest absolute Gasteiger partial charge is 0.378 e. The highest BCUT2D eigenvalue weighted by molar-refractivity contribution is 5.79. The summed E-state index contributed by atoms with van der Waals surface area (Å²) >= 11 is 0. The van der Waals surface area contributed by atoms with E-state index in [0.29, 0.717) is 19.1 Å². The molecule has 2 N–H and O–H groups in total. The van der Waals surface area contributed by atoms with E-state index >= 15 is 0 Å². The number of hydrogen-bond donors (Lipinski definition) is 1. The van der Waals surface area contributed by atoms with Crippen LogP contribution in [0.3, 0.4) is 0 Å². The predicted octanol–water partition coefficient (Wildman–Crippen LogP) is -0.0274.